The topological polar surface area (TPSA) is 78.9 Å². The molecule has 66 heavy (non-hydrogen) atoms. The maximum Gasteiger partial charge on any atom is 0.306 e. The predicted molar refractivity (Wildman–Crippen MR) is 284 cm³/mol. The van der Waals surface area contributed by atoms with Gasteiger partial charge in [0.05, 0.1) is 0 Å². The molecule has 0 bridgehead atoms. The maximum absolute atomic E-state index is 12.8. The Morgan fingerprint density at radius 3 is 0.788 bits per heavy atom. The fourth-order valence-corrected chi connectivity index (χ4v) is 9.25. The number of carbonyl (C=O) groups is 3. The smallest absolute Gasteiger partial charge is 0.306 e. The number of unbranched alkanes of at least 4 members (excludes halogenated alkanes) is 41. The van der Waals surface area contributed by atoms with E-state index in [4.69, 9.17) is 14.2 Å². The lowest BCUT2D eigenvalue weighted by molar-refractivity contribution is -0.167. The molecule has 1 unspecified atom stereocenters. The second-order valence-electron chi connectivity index (χ2n) is 20.9. The second kappa shape index (κ2) is 54.4. The zero-order chi connectivity index (χ0) is 48.1. The summed E-state index contributed by atoms with van der Waals surface area (Å²) < 4.78 is 16.8. The Morgan fingerprint density at radius 1 is 0.303 bits per heavy atom. The molecule has 2 atom stereocenters. The number of rotatable bonds is 55. The Kier molecular flexibility index (Phi) is 53.0. The van der Waals surface area contributed by atoms with E-state index in [-0.39, 0.29) is 31.1 Å². The van der Waals surface area contributed by atoms with Gasteiger partial charge in [0, 0.05) is 19.3 Å². The highest BCUT2D eigenvalue weighted by Crippen LogP contribution is 2.19. The van der Waals surface area contributed by atoms with Gasteiger partial charge in [-0.3, -0.25) is 14.4 Å². The summed E-state index contributed by atoms with van der Waals surface area (Å²) in [7, 11) is 0. The number of hydrogen-bond donors (Lipinski definition) is 0. The van der Waals surface area contributed by atoms with Crippen LogP contribution < -0.4 is 0 Å². The molecule has 0 radical (unpaired) electrons. The third kappa shape index (κ3) is 51.8. The summed E-state index contributed by atoms with van der Waals surface area (Å²) in [5.41, 5.74) is 0. The summed E-state index contributed by atoms with van der Waals surface area (Å²) in [6.45, 7) is 9.07. The maximum atomic E-state index is 12.8. The van der Waals surface area contributed by atoms with E-state index >= 15 is 0 Å². The minimum Gasteiger partial charge on any atom is -0.462 e. The number of hydrogen-bond acceptors (Lipinski definition) is 6. The average molecular weight is 934 g/mol. The van der Waals surface area contributed by atoms with Gasteiger partial charge < -0.3 is 14.2 Å². The molecule has 0 heterocycles. The van der Waals surface area contributed by atoms with Gasteiger partial charge in [-0.15, -0.1) is 0 Å². The summed E-state index contributed by atoms with van der Waals surface area (Å²) in [5, 5.41) is 0. The minimum absolute atomic E-state index is 0.0623. The van der Waals surface area contributed by atoms with E-state index < -0.39 is 6.10 Å². The van der Waals surface area contributed by atoms with Gasteiger partial charge in [-0.1, -0.05) is 304 Å². The molecular weight excluding hydrogens is 817 g/mol. The van der Waals surface area contributed by atoms with Gasteiger partial charge in [0.1, 0.15) is 13.2 Å². The molecule has 0 amide bonds. The van der Waals surface area contributed by atoms with Crippen LogP contribution in [-0.4, -0.2) is 37.2 Å². The Labute approximate surface area is 412 Å². The zero-order valence-electron chi connectivity index (χ0n) is 45.2. The Morgan fingerprint density at radius 2 is 0.530 bits per heavy atom. The van der Waals surface area contributed by atoms with Crippen LogP contribution in [0.15, 0.2) is 0 Å². The summed E-state index contributed by atoms with van der Waals surface area (Å²) in [4.78, 5) is 38.0. The molecule has 0 aromatic rings. The summed E-state index contributed by atoms with van der Waals surface area (Å²) in [6, 6.07) is 0. The van der Waals surface area contributed by atoms with Crippen LogP contribution >= 0.6 is 0 Å². The fraction of sp³-hybridized carbons (Fsp3) is 0.950. The van der Waals surface area contributed by atoms with Gasteiger partial charge in [-0.25, -0.2) is 0 Å². The van der Waals surface area contributed by atoms with Gasteiger partial charge >= 0.3 is 17.9 Å². The van der Waals surface area contributed by atoms with Crippen LogP contribution in [-0.2, 0) is 28.6 Å². The number of carbonyl (C=O) groups excluding carboxylic acids is 3. The molecule has 0 aliphatic rings. The third-order valence-electron chi connectivity index (χ3n) is 14.2. The number of ether oxygens (including phenoxy) is 3. The van der Waals surface area contributed by atoms with E-state index in [1.807, 2.05) is 0 Å². The highest BCUT2D eigenvalue weighted by atomic mass is 16.6. The summed E-state index contributed by atoms with van der Waals surface area (Å²) >= 11 is 0. The van der Waals surface area contributed by atoms with Crippen LogP contribution in [0.5, 0.6) is 0 Å². The average Bonchev–Trinajstić information content (AvgIpc) is 3.32. The highest BCUT2D eigenvalue weighted by molar-refractivity contribution is 5.71. The van der Waals surface area contributed by atoms with Crippen molar-refractivity contribution in [3.63, 3.8) is 0 Å². The molecule has 0 saturated heterocycles. The lowest BCUT2D eigenvalue weighted by Crippen LogP contribution is -2.30. The Balaban J connectivity index is 4.10. The van der Waals surface area contributed by atoms with Gasteiger partial charge in [0.2, 0.25) is 0 Å². The van der Waals surface area contributed by atoms with E-state index in [1.165, 1.54) is 238 Å². The molecule has 0 fully saturated rings. The van der Waals surface area contributed by atoms with Crippen LogP contribution in [0.3, 0.4) is 0 Å². The first kappa shape index (κ1) is 64.4. The Bertz CT molecular complexity index is 998. The lowest BCUT2D eigenvalue weighted by Gasteiger charge is -2.18. The van der Waals surface area contributed by atoms with Gasteiger partial charge in [0.15, 0.2) is 6.10 Å². The fourth-order valence-electron chi connectivity index (χ4n) is 9.25. The number of esters is 3. The van der Waals surface area contributed by atoms with E-state index in [0.717, 1.165) is 63.7 Å². The Hall–Kier alpha value is -1.59. The van der Waals surface area contributed by atoms with Crippen LogP contribution in [0, 0.1) is 5.92 Å². The second-order valence-corrected chi connectivity index (χ2v) is 20.9. The van der Waals surface area contributed by atoms with E-state index in [0.29, 0.717) is 19.3 Å². The zero-order valence-corrected chi connectivity index (χ0v) is 45.2. The summed E-state index contributed by atoms with van der Waals surface area (Å²) in [5.74, 6) is 0.0680. The minimum atomic E-state index is -0.760. The molecule has 6 nitrogen and oxygen atoms in total. The van der Waals surface area contributed by atoms with Gasteiger partial charge in [0.25, 0.3) is 0 Å². The van der Waals surface area contributed by atoms with Gasteiger partial charge in [-0.2, -0.15) is 0 Å². The van der Waals surface area contributed by atoms with Crippen molar-refractivity contribution in [2.75, 3.05) is 13.2 Å². The molecule has 0 rings (SSSR count). The van der Waals surface area contributed by atoms with Crippen molar-refractivity contribution in [2.24, 2.45) is 5.92 Å². The highest BCUT2D eigenvalue weighted by Gasteiger charge is 2.19. The lowest BCUT2D eigenvalue weighted by atomic mass is 9.99. The van der Waals surface area contributed by atoms with Crippen LogP contribution in [0.1, 0.15) is 342 Å². The molecule has 0 spiro atoms. The molecular formula is C60H116O6. The third-order valence-corrected chi connectivity index (χ3v) is 14.2. The van der Waals surface area contributed by atoms with Gasteiger partial charge in [-0.05, 0) is 25.2 Å². The van der Waals surface area contributed by atoms with Crippen molar-refractivity contribution >= 4 is 17.9 Å². The van der Waals surface area contributed by atoms with Crippen LogP contribution in [0.2, 0.25) is 0 Å². The molecule has 0 aliphatic heterocycles. The van der Waals surface area contributed by atoms with E-state index in [2.05, 4.69) is 27.7 Å². The van der Waals surface area contributed by atoms with Crippen LogP contribution in [0.25, 0.3) is 0 Å². The van der Waals surface area contributed by atoms with E-state index in [9.17, 15) is 14.4 Å². The molecule has 0 aromatic carbocycles. The van der Waals surface area contributed by atoms with Crippen molar-refractivity contribution in [3.05, 3.63) is 0 Å². The largest absolute Gasteiger partial charge is 0.462 e. The molecule has 0 saturated carbocycles. The van der Waals surface area contributed by atoms with Crippen molar-refractivity contribution < 1.29 is 28.6 Å². The molecule has 0 N–H and O–H groups in total. The molecule has 392 valence electrons. The monoisotopic (exact) mass is 933 g/mol. The van der Waals surface area contributed by atoms with Crippen LogP contribution in [0.4, 0.5) is 0 Å². The normalized spacial score (nSPS) is 12.4. The standard InChI is InChI=1S/C60H116O6/c1-5-8-10-12-14-15-16-17-18-19-20-25-28-31-34-37-41-45-49-53-60(63)66-57(54-64-58(61)51-47-43-38-13-11-9-6-2)55-65-59(62)52-48-44-40-36-33-30-27-24-22-21-23-26-29-32-35-39-42-46-50-56(4)7-3/h56-57H,5-55H2,1-4H3/t56?,57-/m0/s1. The first-order valence-corrected chi connectivity index (χ1v) is 29.9. The first-order valence-electron chi connectivity index (χ1n) is 29.9. The van der Waals surface area contributed by atoms with Crippen molar-refractivity contribution in [1.29, 1.82) is 0 Å². The molecule has 0 aliphatic carbocycles. The van der Waals surface area contributed by atoms with E-state index in [1.54, 1.807) is 0 Å². The SMILES string of the molecule is CCCCCCCCCCCCCCCCCCCCCC(=O)O[C@@H](COC(=O)CCCCCCCCC)COC(=O)CCCCCCCCCCCCCCCCCCCCC(C)CC. The van der Waals surface area contributed by atoms with Crippen molar-refractivity contribution in [3.8, 4) is 0 Å². The predicted octanol–water partition coefficient (Wildman–Crippen LogP) is 19.8. The quantitative estimate of drug-likeness (QED) is 0.0343. The van der Waals surface area contributed by atoms with Crippen molar-refractivity contribution in [1.82, 2.24) is 0 Å². The molecule has 6 heteroatoms. The molecule has 0 aromatic heterocycles. The van der Waals surface area contributed by atoms with Crippen molar-refractivity contribution in [2.45, 2.75) is 348 Å². The first-order chi connectivity index (χ1) is 32.4. The summed E-state index contributed by atoms with van der Waals surface area (Å²) in [6.07, 6.45) is 59.7.